The maximum absolute atomic E-state index is 12.6. The number of hydrogen-bond acceptors (Lipinski definition) is 3. The molecule has 2 aromatic carbocycles. The van der Waals surface area contributed by atoms with E-state index in [0.29, 0.717) is 11.4 Å². The van der Waals surface area contributed by atoms with Gasteiger partial charge in [0.15, 0.2) is 0 Å². The predicted molar refractivity (Wildman–Crippen MR) is 89.2 cm³/mol. The minimum atomic E-state index is -0.116. The second-order valence-corrected chi connectivity index (χ2v) is 6.71. The van der Waals surface area contributed by atoms with E-state index >= 15 is 0 Å². The second kappa shape index (κ2) is 6.12. The van der Waals surface area contributed by atoms with Crippen molar-refractivity contribution in [2.45, 2.75) is 10.8 Å². The fourth-order valence-corrected chi connectivity index (χ4v) is 3.97. The van der Waals surface area contributed by atoms with Crippen LogP contribution in [0, 0.1) is 0 Å². The zero-order chi connectivity index (χ0) is 14.8. The van der Waals surface area contributed by atoms with E-state index in [1.165, 1.54) is 4.90 Å². The van der Waals surface area contributed by atoms with E-state index in [1.54, 1.807) is 18.9 Å². The van der Waals surface area contributed by atoms with Crippen molar-refractivity contribution in [3.63, 3.8) is 0 Å². The molecule has 1 aliphatic heterocycles. The van der Waals surface area contributed by atoms with Gasteiger partial charge in [0.1, 0.15) is 5.75 Å². The van der Waals surface area contributed by atoms with Crippen LogP contribution in [0.4, 0.5) is 5.69 Å². The number of hydrogen-bond donors (Lipinski definition) is 1. The lowest BCUT2D eigenvalue weighted by Crippen LogP contribution is -2.21. The summed E-state index contributed by atoms with van der Waals surface area (Å²) in [5, 5.41) is 2.98. The lowest BCUT2D eigenvalue weighted by Gasteiger charge is -2.14. The number of carbonyl (C=O) groups excluding carboxylic acids is 1. The first-order valence-corrected chi connectivity index (χ1v) is 8.33. The number of fused-ring (bicyclic) bond motifs is 1. The van der Waals surface area contributed by atoms with E-state index in [-0.39, 0.29) is 11.8 Å². The lowest BCUT2D eigenvalue weighted by atomic mass is 10.0. The Morgan fingerprint density at radius 3 is 2.95 bits per heavy atom. The van der Waals surface area contributed by atoms with Gasteiger partial charge in [0.25, 0.3) is 0 Å². The zero-order valence-electron chi connectivity index (χ0n) is 11.4. The van der Waals surface area contributed by atoms with Crippen LogP contribution in [0.2, 0.25) is 0 Å². The van der Waals surface area contributed by atoms with Gasteiger partial charge in [0.2, 0.25) is 5.91 Å². The van der Waals surface area contributed by atoms with Gasteiger partial charge in [0, 0.05) is 15.1 Å². The third-order valence-electron chi connectivity index (χ3n) is 3.44. The van der Waals surface area contributed by atoms with E-state index in [2.05, 4.69) is 27.3 Å². The molecule has 1 aliphatic rings. The molecule has 0 aliphatic carbocycles. The lowest BCUT2D eigenvalue weighted by molar-refractivity contribution is -0.117. The zero-order valence-corrected chi connectivity index (χ0v) is 13.8. The Hall–Kier alpha value is -1.46. The van der Waals surface area contributed by atoms with Gasteiger partial charge >= 0.3 is 0 Å². The average Bonchev–Trinajstić information content (AvgIpc) is 2.91. The monoisotopic (exact) mass is 363 g/mol. The van der Waals surface area contributed by atoms with Crippen LogP contribution in [-0.2, 0) is 4.79 Å². The van der Waals surface area contributed by atoms with Crippen LogP contribution in [0.25, 0.3) is 0 Å². The van der Waals surface area contributed by atoms with Crippen molar-refractivity contribution in [1.29, 1.82) is 0 Å². The minimum absolute atomic E-state index is 0.00356. The molecule has 0 saturated heterocycles. The number of halogens is 1. The van der Waals surface area contributed by atoms with Gasteiger partial charge in [-0.15, -0.1) is 11.8 Å². The Kier molecular flexibility index (Phi) is 4.22. The Balaban J connectivity index is 1.83. The molecule has 108 valence electrons. The van der Waals surface area contributed by atoms with E-state index in [9.17, 15) is 4.79 Å². The summed E-state index contributed by atoms with van der Waals surface area (Å²) >= 11 is 5.14. The number of carbonyl (C=O) groups is 1. The van der Waals surface area contributed by atoms with Crippen LogP contribution >= 0.6 is 27.7 Å². The number of ether oxygens (including phenoxy) is 1. The molecule has 5 heteroatoms. The third-order valence-corrected chi connectivity index (χ3v) is 5.11. The summed E-state index contributed by atoms with van der Waals surface area (Å²) < 4.78 is 6.20. The maximum Gasteiger partial charge on any atom is 0.232 e. The summed E-state index contributed by atoms with van der Waals surface area (Å²) in [5.41, 5.74) is 1.79. The Morgan fingerprint density at radius 1 is 1.33 bits per heavy atom. The van der Waals surface area contributed by atoms with Crippen molar-refractivity contribution in [2.24, 2.45) is 0 Å². The highest BCUT2D eigenvalue weighted by Crippen LogP contribution is 2.40. The molecule has 0 bridgehead atoms. The summed E-state index contributed by atoms with van der Waals surface area (Å²) in [4.78, 5) is 13.8. The van der Waals surface area contributed by atoms with Crippen molar-refractivity contribution in [3.8, 4) is 5.75 Å². The normalized spacial score (nSPS) is 16.4. The Bertz CT molecular complexity index is 690. The van der Waals surface area contributed by atoms with Crippen LogP contribution in [0.3, 0.4) is 0 Å². The summed E-state index contributed by atoms with van der Waals surface area (Å²) in [6.45, 7) is 0. The van der Waals surface area contributed by atoms with Crippen LogP contribution in [0.15, 0.2) is 51.8 Å². The second-order valence-electron chi connectivity index (χ2n) is 4.74. The van der Waals surface area contributed by atoms with Crippen LogP contribution in [-0.4, -0.2) is 18.8 Å². The standard InChI is InChI=1S/C16H14BrNO2S/c1-20-14-7-6-10(17)8-13(14)18-16(19)12-9-21-15-5-3-2-4-11(12)15/h2-8,12H,9H2,1H3,(H,18,19). The molecule has 0 aromatic heterocycles. The van der Waals surface area contributed by atoms with Crippen molar-refractivity contribution in [3.05, 3.63) is 52.5 Å². The Morgan fingerprint density at radius 2 is 2.14 bits per heavy atom. The highest BCUT2D eigenvalue weighted by molar-refractivity contribution is 9.10. The molecular weight excluding hydrogens is 350 g/mol. The van der Waals surface area contributed by atoms with Gasteiger partial charge in [0.05, 0.1) is 18.7 Å². The number of nitrogens with one attached hydrogen (secondary N) is 1. The molecule has 1 heterocycles. The quantitative estimate of drug-likeness (QED) is 0.883. The van der Waals surface area contributed by atoms with Gasteiger partial charge < -0.3 is 10.1 Å². The van der Waals surface area contributed by atoms with Crippen molar-refractivity contribution >= 4 is 39.3 Å². The van der Waals surface area contributed by atoms with Gasteiger partial charge in [-0.2, -0.15) is 0 Å². The Labute approximate surface area is 136 Å². The first-order chi connectivity index (χ1) is 10.2. The first-order valence-electron chi connectivity index (χ1n) is 6.55. The molecule has 1 atom stereocenters. The van der Waals surface area contributed by atoms with Crippen LogP contribution in [0.1, 0.15) is 11.5 Å². The number of amides is 1. The van der Waals surface area contributed by atoms with Gasteiger partial charge in [-0.05, 0) is 29.8 Å². The summed E-state index contributed by atoms with van der Waals surface area (Å²) in [5.74, 6) is 1.32. The van der Waals surface area contributed by atoms with E-state index in [0.717, 1.165) is 15.8 Å². The van der Waals surface area contributed by atoms with Gasteiger partial charge in [-0.25, -0.2) is 0 Å². The molecule has 0 spiro atoms. The third kappa shape index (κ3) is 2.94. The van der Waals surface area contributed by atoms with Crippen LogP contribution in [0.5, 0.6) is 5.75 Å². The summed E-state index contributed by atoms with van der Waals surface area (Å²) in [6, 6.07) is 13.6. The van der Waals surface area contributed by atoms with Crippen molar-refractivity contribution < 1.29 is 9.53 Å². The molecule has 21 heavy (non-hydrogen) atoms. The number of rotatable bonds is 3. The van der Waals surface area contributed by atoms with Crippen LogP contribution < -0.4 is 10.1 Å². The average molecular weight is 364 g/mol. The van der Waals surface area contributed by atoms with E-state index in [4.69, 9.17) is 4.74 Å². The number of methoxy groups -OCH3 is 1. The summed E-state index contributed by atoms with van der Waals surface area (Å²) in [7, 11) is 1.60. The van der Waals surface area contributed by atoms with Crippen molar-refractivity contribution in [1.82, 2.24) is 0 Å². The number of anilines is 1. The predicted octanol–water partition coefficient (Wildman–Crippen LogP) is 4.29. The van der Waals surface area contributed by atoms with Gasteiger partial charge in [-0.1, -0.05) is 34.1 Å². The molecule has 1 N–H and O–H groups in total. The molecule has 3 rings (SSSR count). The van der Waals surface area contributed by atoms with E-state index < -0.39 is 0 Å². The highest BCUT2D eigenvalue weighted by Gasteiger charge is 2.29. The molecule has 2 aromatic rings. The SMILES string of the molecule is COc1ccc(Br)cc1NC(=O)C1CSc2ccccc21. The number of benzene rings is 2. The maximum atomic E-state index is 12.6. The fraction of sp³-hybridized carbons (Fsp3) is 0.188. The largest absolute Gasteiger partial charge is 0.495 e. The van der Waals surface area contributed by atoms with Crippen molar-refractivity contribution in [2.75, 3.05) is 18.2 Å². The molecule has 1 unspecified atom stereocenters. The first kappa shape index (κ1) is 14.5. The fourth-order valence-electron chi connectivity index (χ4n) is 2.38. The van der Waals surface area contributed by atoms with E-state index in [1.807, 2.05) is 36.4 Å². The molecule has 0 radical (unpaired) electrons. The van der Waals surface area contributed by atoms with Gasteiger partial charge in [-0.3, -0.25) is 4.79 Å². The molecule has 1 amide bonds. The molecule has 0 fully saturated rings. The number of thioether (sulfide) groups is 1. The summed E-state index contributed by atoms with van der Waals surface area (Å²) in [6.07, 6.45) is 0. The smallest absolute Gasteiger partial charge is 0.232 e. The highest BCUT2D eigenvalue weighted by atomic mass is 79.9. The minimum Gasteiger partial charge on any atom is -0.495 e. The molecular formula is C16H14BrNO2S. The topological polar surface area (TPSA) is 38.3 Å². The molecule has 3 nitrogen and oxygen atoms in total. The molecule has 0 saturated carbocycles.